The van der Waals surface area contributed by atoms with Crippen LogP contribution in [0.15, 0.2) is 78.9 Å². The lowest BCUT2D eigenvalue weighted by molar-refractivity contribution is 0.0953. The van der Waals surface area contributed by atoms with E-state index >= 15 is 0 Å². The maximum atomic E-state index is 13.1. The zero-order chi connectivity index (χ0) is 23.4. The predicted octanol–water partition coefficient (Wildman–Crippen LogP) is 6.74. The van der Waals surface area contributed by atoms with Crippen LogP contribution in [0.3, 0.4) is 0 Å². The van der Waals surface area contributed by atoms with Gasteiger partial charge in [0.05, 0.1) is 18.4 Å². The number of aromatic nitrogens is 1. The van der Waals surface area contributed by atoms with Crippen LogP contribution >= 0.6 is 23.2 Å². The summed E-state index contributed by atoms with van der Waals surface area (Å²) in [5.74, 6) is 0.661. The molecule has 4 nitrogen and oxygen atoms in total. The largest absolute Gasteiger partial charge is 0.497 e. The number of ether oxygens (including phenoxy) is 1. The van der Waals surface area contributed by atoms with E-state index in [1.807, 2.05) is 73.7 Å². The van der Waals surface area contributed by atoms with E-state index in [1.54, 1.807) is 19.2 Å². The summed E-state index contributed by atoms with van der Waals surface area (Å²) in [7, 11) is 1.64. The Labute approximate surface area is 203 Å². The van der Waals surface area contributed by atoms with E-state index in [9.17, 15) is 4.79 Å². The lowest BCUT2D eigenvalue weighted by atomic mass is 10.1. The van der Waals surface area contributed by atoms with Gasteiger partial charge in [-0.1, -0.05) is 47.5 Å². The quantitative estimate of drug-likeness (QED) is 0.319. The van der Waals surface area contributed by atoms with E-state index in [1.165, 1.54) is 0 Å². The number of carbonyl (C=O) groups is 1. The summed E-state index contributed by atoms with van der Waals surface area (Å²) < 4.78 is 7.40. The summed E-state index contributed by atoms with van der Waals surface area (Å²) >= 11 is 12.2. The molecule has 0 aliphatic rings. The van der Waals surface area contributed by atoms with Crippen molar-refractivity contribution in [1.29, 1.82) is 0 Å². The SMILES string of the molecule is COc1ccc(-c2cc(C(=O)NCCc3ccc(Cl)cc3Cl)c(C)n2-c2ccccc2)cc1. The van der Waals surface area contributed by atoms with Gasteiger partial charge in [0.15, 0.2) is 0 Å². The molecule has 0 spiro atoms. The number of nitrogens with one attached hydrogen (secondary N) is 1. The molecule has 0 aliphatic carbocycles. The number of methoxy groups -OCH3 is 1. The molecule has 0 unspecified atom stereocenters. The summed E-state index contributed by atoms with van der Waals surface area (Å²) in [6.07, 6.45) is 0.617. The number of benzene rings is 3. The predicted molar refractivity (Wildman–Crippen MR) is 135 cm³/mol. The van der Waals surface area contributed by atoms with Crippen molar-refractivity contribution in [1.82, 2.24) is 9.88 Å². The number of amides is 1. The average molecular weight is 479 g/mol. The molecule has 0 bridgehead atoms. The average Bonchev–Trinajstić information content (AvgIpc) is 3.18. The van der Waals surface area contributed by atoms with E-state index in [0.717, 1.165) is 34.0 Å². The minimum atomic E-state index is -0.123. The van der Waals surface area contributed by atoms with Crippen molar-refractivity contribution in [2.24, 2.45) is 0 Å². The highest BCUT2D eigenvalue weighted by molar-refractivity contribution is 6.35. The van der Waals surface area contributed by atoms with Crippen molar-refractivity contribution in [3.8, 4) is 22.7 Å². The van der Waals surface area contributed by atoms with Gasteiger partial charge in [-0.05, 0) is 79.1 Å². The van der Waals surface area contributed by atoms with Gasteiger partial charge in [-0.2, -0.15) is 0 Å². The molecule has 1 heterocycles. The fourth-order valence-electron chi connectivity index (χ4n) is 3.85. The third kappa shape index (κ3) is 5.08. The highest BCUT2D eigenvalue weighted by Crippen LogP contribution is 2.30. The molecule has 0 saturated carbocycles. The highest BCUT2D eigenvalue weighted by atomic mass is 35.5. The molecule has 0 aliphatic heterocycles. The maximum Gasteiger partial charge on any atom is 0.253 e. The Hall–Kier alpha value is -3.21. The van der Waals surface area contributed by atoms with Crippen LogP contribution in [-0.4, -0.2) is 24.1 Å². The van der Waals surface area contributed by atoms with E-state index in [4.69, 9.17) is 27.9 Å². The molecule has 168 valence electrons. The number of hydrogen-bond acceptors (Lipinski definition) is 2. The van der Waals surface area contributed by atoms with Crippen LogP contribution in [-0.2, 0) is 6.42 Å². The van der Waals surface area contributed by atoms with Crippen LogP contribution in [0.4, 0.5) is 0 Å². The third-order valence-electron chi connectivity index (χ3n) is 5.59. The molecule has 1 aromatic heterocycles. The summed E-state index contributed by atoms with van der Waals surface area (Å²) in [4.78, 5) is 13.1. The monoisotopic (exact) mass is 478 g/mol. The van der Waals surface area contributed by atoms with Crippen LogP contribution in [0.25, 0.3) is 16.9 Å². The number of rotatable bonds is 7. The van der Waals surface area contributed by atoms with Gasteiger partial charge in [0, 0.05) is 28.0 Å². The van der Waals surface area contributed by atoms with Crippen LogP contribution in [0.2, 0.25) is 10.0 Å². The van der Waals surface area contributed by atoms with Crippen LogP contribution in [0.5, 0.6) is 5.75 Å². The highest BCUT2D eigenvalue weighted by Gasteiger charge is 2.19. The first-order valence-corrected chi connectivity index (χ1v) is 11.4. The zero-order valence-electron chi connectivity index (χ0n) is 18.4. The molecule has 3 aromatic carbocycles. The molecule has 0 fully saturated rings. The van der Waals surface area contributed by atoms with Crippen molar-refractivity contribution in [2.45, 2.75) is 13.3 Å². The first kappa shape index (κ1) is 23.0. The Kier molecular flexibility index (Phi) is 7.07. The summed E-state index contributed by atoms with van der Waals surface area (Å²) in [5, 5.41) is 4.22. The molecule has 0 atom stereocenters. The Morgan fingerprint density at radius 2 is 1.70 bits per heavy atom. The number of hydrogen-bond donors (Lipinski definition) is 1. The van der Waals surface area contributed by atoms with Gasteiger partial charge >= 0.3 is 0 Å². The smallest absolute Gasteiger partial charge is 0.253 e. The lowest BCUT2D eigenvalue weighted by Gasteiger charge is -2.13. The van der Waals surface area contributed by atoms with Gasteiger partial charge < -0.3 is 14.6 Å². The number of nitrogens with zero attached hydrogens (tertiary/aromatic N) is 1. The molecular weight excluding hydrogens is 455 g/mol. The van der Waals surface area contributed by atoms with Crippen molar-refractivity contribution in [3.05, 3.63) is 106 Å². The molecule has 6 heteroatoms. The first-order chi connectivity index (χ1) is 16.0. The van der Waals surface area contributed by atoms with Crippen LogP contribution in [0.1, 0.15) is 21.6 Å². The molecular formula is C27H24Cl2N2O2. The molecule has 1 amide bonds. The number of halogens is 2. The van der Waals surface area contributed by atoms with E-state index in [2.05, 4.69) is 9.88 Å². The maximum absolute atomic E-state index is 13.1. The van der Waals surface area contributed by atoms with E-state index in [-0.39, 0.29) is 5.91 Å². The lowest BCUT2D eigenvalue weighted by Crippen LogP contribution is -2.26. The van der Waals surface area contributed by atoms with Crippen LogP contribution in [0, 0.1) is 6.92 Å². The molecule has 0 radical (unpaired) electrons. The summed E-state index contributed by atoms with van der Waals surface area (Å²) in [6, 6.07) is 25.2. The van der Waals surface area contributed by atoms with Crippen molar-refractivity contribution in [3.63, 3.8) is 0 Å². The van der Waals surface area contributed by atoms with Gasteiger partial charge in [0.2, 0.25) is 0 Å². The Bertz CT molecular complexity index is 1270. The molecule has 4 aromatic rings. The number of para-hydroxylation sites is 1. The fourth-order valence-corrected chi connectivity index (χ4v) is 4.35. The van der Waals surface area contributed by atoms with Gasteiger partial charge in [0.25, 0.3) is 5.91 Å². The van der Waals surface area contributed by atoms with E-state index in [0.29, 0.717) is 28.6 Å². The van der Waals surface area contributed by atoms with Crippen molar-refractivity contribution >= 4 is 29.1 Å². The third-order valence-corrected chi connectivity index (χ3v) is 6.17. The van der Waals surface area contributed by atoms with Gasteiger partial charge in [0.1, 0.15) is 5.75 Å². The fraction of sp³-hybridized carbons (Fsp3) is 0.148. The van der Waals surface area contributed by atoms with Crippen molar-refractivity contribution < 1.29 is 9.53 Å². The van der Waals surface area contributed by atoms with Crippen molar-refractivity contribution in [2.75, 3.05) is 13.7 Å². The molecule has 1 N–H and O–H groups in total. The van der Waals surface area contributed by atoms with E-state index < -0.39 is 0 Å². The second-order valence-corrected chi connectivity index (χ2v) is 8.51. The Morgan fingerprint density at radius 1 is 0.970 bits per heavy atom. The first-order valence-electron chi connectivity index (χ1n) is 10.6. The second kappa shape index (κ2) is 10.2. The minimum Gasteiger partial charge on any atom is -0.497 e. The van der Waals surface area contributed by atoms with Crippen LogP contribution < -0.4 is 10.1 Å². The van der Waals surface area contributed by atoms with Gasteiger partial charge in [-0.25, -0.2) is 0 Å². The number of carbonyl (C=O) groups excluding carboxylic acids is 1. The molecule has 33 heavy (non-hydrogen) atoms. The summed E-state index contributed by atoms with van der Waals surface area (Å²) in [5.41, 5.74) is 5.37. The topological polar surface area (TPSA) is 43.3 Å². The Balaban J connectivity index is 1.62. The molecule has 0 saturated heterocycles. The minimum absolute atomic E-state index is 0.123. The zero-order valence-corrected chi connectivity index (χ0v) is 20.0. The Morgan fingerprint density at radius 3 is 2.36 bits per heavy atom. The molecule has 4 rings (SSSR count). The second-order valence-electron chi connectivity index (χ2n) is 7.67. The summed E-state index contributed by atoms with van der Waals surface area (Å²) in [6.45, 7) is 2.43. The van der Waals surface area contributed by atoms with Gasteiger partial charge in [-0.15, -0.1) is 0 Å². The van der Waals surface area contributed by atoms with Gasteiger partial charge in [-0.3, -0.25) is 4.79 Å². The normalized spacial score (nSPS) is 10.8. The standard InChI is InChI=1S/C27H24Cl2N2O2/c1-18-24(27(32)30-15-14-19-8-11-21(28)16-25(19)29)17-26(20-9-12-23(33-2)13-10-20)31(18)22-6-4-3-5-7-22/h3-13,16-17H,14-15H2,1-2H3,(H,30,32).